The zero-order valence-electron chi connectivity index (χ0n) is 14.4. The molecule has 2 unspecified atom stereocenters. The molecule has 0 aliphatic carbocycles. The van der Waals surface area contributed by atoms with Gasteiger partial charge in [-0.25, -0.2) is 0 Å². The molecule has 2 atom stereocenters. The van der Waals surface area contributed by atoms with Gasteiger partial charge in [-0.1, -0.05) is 12.1 Å². The molecule has 3 rings (SSSR count). The normalized spacial score (nSPS) is 22.0. The summed E-state index contributed by atoms with van der Waals surface area (Å²) in [5.74, 6) is 0.932. The summed E-state index contributed by atoms with van der Waals surface area (Å²) in [6.45, 7) is 4.90. The van der Waals surface area contributed by atoms with Gasteiger partial charge in [0.25, 0.3) is 0 Å². The molecule has 1 aromatic rings. The molecule has 5 nitrogen and oxygen atoms in total. The smallest absolute Gasteiger partial charge is 0.227 e. The highest BCUT2D eigenvalue weighted by Crippen LogP contribution is 2.25. The van der Waals surface area contributed by atoms with Crippen LogP contribution in [0.3, 0.4) is 0 Å². The third-order valence-electron chi connectivity index (χ3n) is 5.07. The number of benzene rings is 1. The van der Waals surface area contributed by atoms with E-state index in [1.54, 1.807) is 0 Å². The number of nitrogens with one attached hydrogen (secondary N) is 2. The maximum absolute atomic E-state index is 12.2. The third-order valence-corrected chi connectivity index (χ3v) is 5.07. The summed E-state index contributed by atoms with van der Waals surface area (Å²) in [7, 11) is 0. The Bertz CT molecular complexity index is 596. The molecule has 0 saturated carbocycles. The second kappa shape index (κ2) is 7.79. The van der Waals surface area contributed by atoms with E-state index in [1.807, 2.05) is 36.1 Å². The van der Waals surface area contributed by atoms with Gasteiger partial charge in [-0.2, -0.15) is 0 Å². The van der Waals surface area contributed by atoms with Gasteiger partial charge in [0, 0.05) is 25.1 Å². The lowest BCUT2D eigenvalue weighted by Crippen LogP contribution is -2.28. The van der Waals surface area contributed by atoms with Gasteiger partial charge in [-0.05, 0) is 62.9 Å². The van der Waals surface area contributed by atoms with E-state index < -0.39 is 0 Å². The summed E-state index contributed by atoms with van der Waals surface area (Å²) >= 11 is 0. The number of carbonyl (C=O) groups is 2. The average Bonchev–Trinajstić information content (AvgIpc) is 3.24. The molecular formula is C19H27N3O2. The van der Waals surface area contributed by atoms with Crippen LogP contribution in [0.15, 0.2) is 24.3 Å². The number of amides is 2. The second-order valence-corrected chi connectivity index (χ2v) is 6.93. The molecule has 2 amide bonds. The van der Waals surface area contributed by atoms with Crippen molar-refractivity contribution >= 4 is 17.5 Å². The van der Waals surface area contributed by atoms with Crippen LogP contribution in [0.2, 0.25) is 0 Å². The van der Waals surface area contributed by atoms with Gasteiger partial charge in [-0.3, -0.25) is 9.59 Å². The highest BCUT2D eigenvalue weighted by atomic mass is 16.2. The van der Waals surface area contributed by atoms with Crippen LogP contribution in [0, 0.1) is 5.92 Å². The Hall–Kier alpha value is -1.88. The molecule has 1 aromatic carbocycles. The monoisotopic (exact) mass is 329 g/mol. The van der Waals surface area contributed by atoms with Crippen molar-refractivity contribution in [3.05, 3.63) is 29.8 Å². The first-order valence-corrected chi connectivity index (χ1v) is 9.04. The lowest BCUT2D eigenvalue weighted by Gasteiger charge is -2.20. The predicted octanol–water partition coefficient (Wildman–Crippen LogP) is 2.38. The molecule has 0 radical (unpaired) electrons. The SMILES string of the molecule is CC(NC(=O)CCC1CCNC1)c1cccc(N2CCCC2=O)c1. The highest BCUT2D eigenvalue weighted by molar-refractivity contribution is 5.95. The molecule has 5 heteroatoms. The van der Waals surface area contributed by atoms with E-state index >= 15 is 0 Å². The second-order valence-electron chi connectivity index (χ2n) is 6.93. The number of anilines is 1. The number of nitrogens with zero attached hydrogens (tertiary/aromatic N) is 1. The minimum absolute atomic E-state index is 0.0446. The Morgan fingerprint density at radius 3 is 3.04 bits per heavy atom. The van der Waals surface area contributed by atoms with Gasteiger partial charge in [0.05, 0.1) is 6.04 Å². The number of hydrogen-bond donors (Lipinski definition) is 2. The molecule has 2 heterocycles. The maximum atomic E-state index is 12.2. The van der Waals surface area contributed by atoms with E-state index in [1.165, 1.54) is 6.42 Å². The predicted molar refractivity (Wildman–Crippen MR) is 94.8 cm³/mol. The Morgan fingerprint density at radius 1 is 1.46 bits per heavy atom. The zero-order chi connectivity index (χ0) is 16.9. The summed E-state index contributed by atoms with van der Waals surface area (Å²) < 4.78 is 0. The van der Waals surface area contributed by atoms with E-state index in [2.05, 4.69) is 10.6 Å². The van der Waals surface area contributed by atoms with Gasteiger partial charge in [-0.15, -0.1) is 0 Å². The minimum atomic E-state index is -0.0446. The van der Waals surface area contributed by atoms with Crippen LogP contribution in [0.1, 0.15) is 50.6 Å². The number of rotatable bonds is 6. The van der Waals surface area contributed by atoms with Crippen molar-refractivity contribution in [2.75, 3.05) is 24.5 Å². The van der Waals surface area contributed by atoms with E-state index in [0.29, 0.717) is 18.8 Å². The van der Waals surface area contributed by atoms with Crippen molar-refractivity contribution in [2.24, 2.45) is 5.92 Å². The van der Waals surface area contributed by atoms with Crippen LogP contribution in [-0.2, 0) is 9.59 Å². The molecule has 2 saturated heterocycles. The lowest BCUT2D eigenvalue weighted by molar-refractivity contribution is -0.122. The van der Waals surface area contributed by atoms with Crippen LogP contribution >= 0.6 is 0 Å². The van der Waals surface area contributed by atoms with Crippen molar-refractivity contribution < 1.29 is 9.59 Å². The van der Waals surface area contributed by atoms with E-state index in [9.17, 15) is 9.59 Å². The molecule has 24 heavy (non-hydrogen) atoms. The van der Waals surface area contributed by atoms with Crippen molar-refractivity contribution in [3.8, 4) is 0 Å². The van der Waals surface area contributed by atoms with Crippen LogP contribution in [0.5, 0.6) is 0 Å². The molecular weight excluding hydrogens is 302 g/mol. The van der Waals surface area contributed by atoms with Crippen molar-refractivity contribution in [1.82, 2.24) is 10.6 Å². The standard InChI is InChI=1S/C19H27N3O2/c1-14(21-18(23)8-7-15-9-10-20-13-15)16-4-2-5-17(12-16)22-11-3-6-19(22)24/h2,4-5,12,14-15,20H,3,6-11,13H2,1H3,(H,21,23). The van der Waals surface area contributed by atoms with E-state index in [4.69, 9.17) is 0 Å². The molecule has 0 aromatic heterocycles. The summed E-state index contributed by atoms with van der Waals surface area (Å²) in [6.07, 6.45) is 4.27. The topological polar surface area (TPSA) is 61.4 Å². The van der Waals surface area contributed by atoms with E-state index in [0.717, 1.165) is 43.7 Å². The Morgan fingerprint density at radius 2 is 2.33 bits per heavy atom. The average molecular weight is 329 g/mol. The zero-order valence-corrected chi connectivity index (χ0v) is 14.4. The molecule has 0 spiro atoms. The molecule has 0 bridgehead atoms. The van der Waals surface area contributed by atoms with Crippen LogP contribution < -0.4 is 15.5 Å². The fraction of sp³-hybridized carbons (Fsp3) is 0.579. The summed E-state index contributed by atoms with van der Waals surface area (Å²) in [6, 6.07) is 7.92. The van der Waals surface area contributed by atoms with Gasteiger partial charge in [0.2, 0.25) is 11.8 Å². The third kappa shape index (κ3) is 4.15. The highest BCUT2D eigenvalue weighted by Gasteiger charge is 2.22. The fourth-order valence-corrected chi connectivity index (χ4v) is 3.58. The molecule has 130 valence electrons. The number of carbonyl (C=O) groups excluding carboxylic acids is 2. The van der Waals surface area contributed by atoms with Crippen LogP contribution in [0.25, 0.3) is 0 Å². The molecule has 2 aliphatic rings. The summed E-state index contributed by atoms with van der Waals surface area (Å²) in [5, 5.41) is 6.42. The van der Waals surface area contributed by atoms with Crippen LogP contribution in [0.4, 0.5) is 5.69 Å². The first-order valence-electron chi connectivity index (χ1n) is 9.04. The van der Waals surface area contributed by atoms with Crippen molar-refractivity contribution in [3.63, 3.8) is 0 Å². The largest absolute Gasteiger partial charge is 0.350 e. The maximum Gasteiger partial charge on any atom is 0.227 e. The lowest BCUT2D eigenvalue weighted by atomic mass is 10.0. The first-order chi connectivity index (χ1) is 11.6. The van der Waals surface area contributed by atoms with Crippen molar-refractivity contribution in [2.45, 2.75) is 45.1 Å². The number of hydrogen-bond acceptors (Lipinski definition) is 3. The van der Waals surface area contributed by atoms with Crippen LogP contribution in [-0.4, -0.2) is 31.4 Å². The van der Waals surface area contributed by atoms with Gasteiger partial charge < -0.3 is 15.5 Å². The first kappa shape index (κ1) is 17.0. The Labute approximate surface area is 143 Å². The summed E-state index contributed by atoms with van der Waals surface area (Å²) in [5.41, 5.74) is 1.98. The van der Waals surface area contributed by atoms with Gasteiger partial charge in [0.1, 0.15) is 0 Å². The van der Waals surface area contributed by atoms with Crippen molar-refractivity contribution in [1.29, 1.82) is 0 Å². The Balaban J connectivity index is 1.55. The van der Waals surface area contributed by atoms with E-state index in [-0.39, 0.29) is 17.9 Å². The summed E-state index contributed by atoms with van der Waals surface area (Å²) in [4.78, 5) is 25.9. The fourth-order valence-electron chi connectivity index (χ4n) is 3.58. The Kier molecular flexibility index (Phi) is 5.51. The van der Waals surface area contributed by atoms with Gasteiger partial charge in [0.15, 0.2) is 0 Å². The quantitative estimate of drug-likeness (QED) is 0.842. The molecule has 2 fully saturated rings. The molecule has 2 N–H and O–H groups in total. The van der Waals surface area contributed by atoms with Gasteiger partial charge >= 0.3 is 0 Å². The molecule has 2 aliphatic heterocycles. The minimum Gasteiger partial charge on any atom is -0.350 e.